The normalized spacial score (nSPS) is 10.5. The summed E-state index contributed by atoms with van der Waals surface area (Å²) >= 11 is 6.13. The first kappa shape index (κ1) is 22.1. The van der Waals surface area contributed by atoms with Crippen LogP contribution in [0.1, 0.15) is 15.9 Å². The highest BCUT2D eigenvalue weighted by Crippen LogP contribution is 2.36. The van der Waals surface area contributed by atoms with Gasteiger partial charge in [0.25, 0.3) is 0 Å². The monoisotopic (exact) mass is 420 g/mol. The van der Waals surface area contributed by atoms with Crippen molar-refractivity contribution in [3.8, 4) is 23.0 Å². The molecule has 0 atom stereocenters. The van der Waals surface area contributed by atoms with E-state index in [0.717, 1.165) is 0 Å². The van der Waals surface area contributed by atoms with Gasteiger partial charge in [0.2, 0.25) is 5.78 Å². The quantitative estimate of drug-likeness (QED) is 0.346. The van der Waals surface area contributed by atoms with Crippen molar-refractivity contribution in [2.45, 2.75) is 0 Å². The predicted molar refractivity (Wildman–Crippen MR) is 108 cm³/mol. The van der Waals surface area contributed by atoms with Gasteiger partial charge in [-0.1, -0.05) is 11.6 Å². The van der Waals surface area contributed by atoms with Crippen LogP contribution in [0.3, 0.4) is 0 Å². The number of hydrogen-bond donors (Lipinski definition) is 0. The van der Waals surface area contributed by atoms with Crippen LogP contribution in [0, 0.1) is 0 Å². The molecular weight excluding hydrogens is 400 g/mol. The van der Waals surface area contributed by atoms with E-state index in [4.69, 9.17) is 35.3 Å². The summed E-state index contributed by atoms with van der Waals surface area (Å²) in [6, 6.07) is 8.06. The number of rotatable bonds is 9. The smallest absolute Gasteiger partial charge is 0.331 e. The molecule has 7 nitrogen and oxygen atoms in total. The molecule has 0 aliphatic rings. The fraction of sp³-hybridized carbons (Fsp3) is 0.238. The number of ether oxygens (including phenoxy) is 5. The molecule has 2 aromatic carbocycles. The molecular formula is C21H21ClO7. The van der Waals surface area contributed by atoms with Gasteiger partial charge in [-0.05, 0) is 42.0 Å². The highest BCUT2D eigenvalue weighted by Gasteiger charge is 2.15. The number of ketones is 1. The number of halogens is 1. The van der Waals surface area contributed by atoms with Crippen LogP contribution >= 0.6 is 11.6 Å². The van der Waals surface area contributed by atoms with Crippen molar-refractivity contribution in [1.82, 2.24) is 0 Å². The van der Waals surface area contributed by atoms with Gasteiger partial charge >= 0.3 is 5.97 Å². The van der Waals surface area contributed by atoms with Gasteiger partial charge in [-0.2, -0.15) is 0 Å². The molecule has 2 rings (SSSR count). The molecule has 8 heteroatoms. The van der Waals surface area contributed by atoms with Crippen LogP contribution in [-0.2, 0) is 9.53 Å². The molecule has 0 saturated carbocycles. The number of hydrogen-bond acceptors (Lipinski definition) is 7. The Balaban J connectivity index is 2.05. The Bertz CT molecular complexity index is 921. The molecule has 0 radical (unpaired) electrons. The van der Waals surface area contributed by atoms with Crippen molar-refractivity contribution >= 4 is 29.4 Å². The summed E-state index contributed by atoms with van der Waals surface area (Å²) in [7, 11) is 5.89. The fourth-order valence-electron chi connectivity index (χ4n) is 2.49. The molecule has 0 unspecified atom stereocenters. The molecule has 0 bridgehead atoms. The third kappa shape index (κ3) is 5.65. The Morgan fingerprint density at radius 2 is 1.66 bits per heavy atom. The standard InChI is InChI=1S/C21H21ClO7/c1-25-14-6-7-18(26-2)15(11-14)17(23)12-29-20(24)8-5-13-9-16(22)21(28-4)19(10-13)27-3/h5-11H,12H2,1-4H3/b8-5+. The molecule has 0 aliphatic heterocycles. The summed E-state index contributed by atoms with van der Waals surface area (Å²) in [5.74, 6) is 0.566. The summed E-state index contributed by atoms with van der Waals surface area (Å²) in [6.07, 6.45) is 2.68. The Kier molecular flexibility index (Phi) is 7.91. The van der Waals surface area contributed by atoms with Gasteiger partial charge in [0.15, 0.2) is 18.1 Å². The topological polar surface area (TPSA) is 80.3 Å². The van der Waals surface area contributed by atoms with E-state index in [1.54, 1.807) is 24.3 Å². The third-order valence-electron chi connectivity index (χ3n) is 3.92. The lowest BCUT2D eigenvalue weighted by atomic mass is 10.1. The van der Waals surface area contributed by atoms with Gasteiger partial charge in [-0.25, -0.2) is 4.79 Å². The van der Waals surface area contributed by atoms with Gasteiger partial charge in [-0.3, -0.25) is 4.79 Å². The number of methoxy groups -OCH3 is 4. The van der Waals surface area contributed by atoms with Crippen molar-refractivity contribution in [3.05, 3.63) is 52.6 Å². The first-order valence-electron chi connectivity index (χ1n) is 8.45. The van der Waals surface area contributed by atoms with Crippen molar-refractivity contribution < 1.29 is 33.3 Å². The van der Waals surface area contributed by atoms with Gasteiger partial charge in [0.05, 0.1) is 39.0 Å². The summed E-state index contributed by atoms with van der Waals surface area (Å²) in [4.78, 5) is 24.4. The van der Waals surface area contributed by atoms with E-state index < -0.39 is 18.4 Å². The van der Waals surface area contributed by atoms with E-state index in [9.17, 15) is 9.59 Å². The zero-order valence-corrected chi connectivity index (χ0v) is 17.2. The number of Topliss-reactive ketones (excluding diaryl/α,β-unsaturated/α-hetero) is 1. The van der Waals surface area contributed by atoms with Crippen LogP contribution in [0.25, 0.3) is 6.08 Å². The van der Waals surface area contributed by atoms with E-state index in [-0.39, 0.29) is 5.56 Å². The molecule has 0 saturated heterocycles. The van der Waals surface area contributed by atoms with Crippen molar-refractivity contribution in [1.29, 1.82) is 0 Å². The van der Waals surface area contributed by atoms with Crippen LogP contribution in [0.5, 0.6) is 23.0 Å². The Labute approximate surface area is 173 Å². The lowest BCUT2D eigenvalue weighted by molar-refractivity contribution is -0.136. The van der Waals surface area contributed by atoms with Crippen molar-refractivity contribution in [2.75, 3.05) is 35.0 Å². The van der Waals surface area contributed by atoms with Crippen molar-refractivity contribution in [2.24, 2.45) is 0 Å². The SMILES string of the molecule is COc1ccc(OC)c(C(=O)COC(=O)/C=C/c2cc(Cl)c(OC)c(OC)c2)c1. The van der Waals surface area contributed by atoms with E-state index in [0.29, 0.717) is 33.6 Å². The lowest BCUT2D eigenvalue weighted by Gasteiger charge is -2.10. The first-order valence-corrected chi connectivity index (χ1v) is 8.82. The van der Waals surface area contributed by atoms with E-state index >= 15 is 0 Å². The number of benzene rings is 2. The highest BCUT2D eigenvalue weighted by atomic mass is 35.5. The summed E-state index contributed by atoms with van der Waals surface area (Å²) in [6.45, 7) is -0.445. The van der Waals surface area contributed by atoms with E-state index in [1.165, 1.54) is 46.7 Å². The average molecular weight is 421 g/mol. The summed E-state index contributed by atoms with van der Waals surface area (Å²) in [5.41, 5.74) is 0.862. The average Bonchev–Trinajstić information content (AvgIpc) is 2.74. The Morgan fingerprint density at radius 1 is 0.931 bits per heavy atom. The highest BCUT2D eigenvalue weighted by molar-refractivity contribution is 6.32. The minimum Gasteiger partial charge on any atom is -0.497 e. The van der Waals surface area contributed by atoms with Crippen LogP contribution in [0.2, 0.25) is 5.02 Å². The molecule has 0 N–H and O–H groups in total. The summed E-state index contributed by atoms with van der Waals surface area (Å²) in [5, 5.41) is 0.333. The van der Waals surface area contributed by atoms with Crippen LogP contribution < -0.4 is 18.9 Å². The predicted octanol–water partition coefficient (Wildman–Crippen LogP) is 3.81. The summed E-state index contributed by atoms with van der Waals surface area (Å²) < 4.78 is 25.7. The number of carbonyl (C=O) groups excluding carboxylic acids is 2. The minimum atomic E-state index is -0.689. The minimum absolute atomic E-state index is 0.260. The zero-order chi connectivity index (χ0) is 21.4. The largest absolute Gasteiger partial charge is 0.497 e. The molecule has 0 aliphatic carbocycles. The molecule has 0 fully saturated rings. The number of esters is 1. The molecule has 29 heavy (non-hydrogen) atoms. The maximum absolute atomic E-state index is 12.4. The zero-order valence-electron chi connectivity index (χ0n) is 16.5. The Morgan fingerprint density at radius 3 is 2.28 bits per heavy atom. The maximum atomic E-state index is 12.4. The third-order valence-corrected chi connectivity index (χ3v) is 4.20. The molecule has 0 aromatic heterocycles. The van der Waals surface area contributed by atoms with Gasteiger partial charge in [0.1, 0.15) is 11.5 Å². The first-order chi connectivity index (χ1) is 13.9. The van der Waals surface area contributed by atoms with Crippen LogP contribution in [-0.4, -0.2) is 46.8 Å². The molecule has 154 valence electrons. The van der Waals surface area contributed by atoms with Gasteiger partial charge in [-0.15, -0.1) is 0 Å². The van der Waals surface area contributed by atoms with Crippen LogP contribution in [0.15, 0.2) is 36.4 Å². The molecule has 2 aromatic rings. The second kappa shape index (κ2) is 10.4. The Hall–Kier alpha value is -3.19. The molecule has 0 spiro atoms. The van der Waals surface area contributed by atoms with E-state index in [2.05, 4.69) is 0 Å². The second-order valence-corrected chi connectivity index (χ2v) is 6.08. The van der Waals surface area contributed by atoms with Crippen LogP contribution in [0.4, 0.5) is 0 Å². The molecule has 0 amide bonds. The lowest BCUT2D eigenvalue weighted by Crippen LogP contribution is -2.13. The second-order valence-electron chi connectivity index (χ2n) is 5.67. The fourth-order valence-corrected chi connectivity index (χ4v) is 2.79. The van der Waals surface area contributed by atoms with E-state index in [1.807, 2.05) is 0 Å². The van der Waals surface area contributed by atoms with Gasteiger partial charge in [0, 0.05) is 6.08 Å². The van der Waals surface area contributed by atoms with Gasteiger partial charge < -0.3 is 23.7 Å². The number of carbonyl (C=O) groups is 2. The van der Waals surface area contributed by atoms with Crippen molar-refractivity contribution in [3.63, 3.8) is 0 Å². The molecule has 0 heterocycles. The maximum Gasteiger partial charge on any atom is 0.331 e.